The number of sulfonamides is 1. The molecule has 0 radical (unpaired) electrons. The number of aromatic nitrogens is 2. The van der Waals surface area contributed by atoms with Gasteiger partial charge in [-0.25, -0.2) is 17.9 Å². The minimum absolute atomic E-state index is 0.0338. The predicted molar refractivity (Wildman–Crippen MR) is 73.7 cm³/mol. The van der Waals surface area contributed by atoms with Crippen molar-refractivity contribution < 1.29 is 18.3 Å². The maximum absolute atomic E-state index is 12.2. The number of carboxylic acid groups (broad SMARTS) is 1. The van der Waals surface area contributed by atoms with Gasteiger partial charge >= 0.3 is 5.97 Å². The number of carbonyl (C=O) groups is 1. The molecule has 0 spiro atoms. The molecule has 0 unspecified atom stereocenters. The van der Waals surface area contributed by atoms with Crippen molar-refractivity contribution in [3.63, 3.8) is 0 Å². The molecule has 1 heterocycles. The van der Waals surface area contributed by atoms with Crippen LogP contribution >= 0.6 is 15.9 Å². The van der Waals surface area contributed by atoms with Gasteiger partial charge in [0.2, 0.25) is 10.0 Å². The van der Waals surface area contributed by atoms with Crippen molar-refractivity contribution in [1.29, 1.82) is 0 Å². The lowest BCUT2D eigenvalue weighted by Gasteiger charge is -2.08. The van der Waals surface area contributed by atoms with Gasteiger partial charge in [-0.3, -0.25) is 5.10 Å². The van der Waals surface area contributed by atoms with Crippen molar-refractivity contribution in [2.75, 3.05) is 0 Å². The molecule has 9 heteroatoms. The summed E-state index contributed by atoms with van der Waals surface area (Å²) in [5.74, 6) is -1.19. The average molecular weight is 360 g/mol. The van der Waals surface area contributed by atoms with E-state index < -0.39 is 16.0 Å². The summed E-state index contributed by atoms with van der Waals surface area (Å²) < 4.78 is 27.0. The molecule has 0 fully saturated rings. The van der Waals surface area contributed by atoms with Crippen molar-refractivity contribution in [3.8, 4) is 0 Å². The van der Waals surface area contributed by atoms with Gasteiger partial charge in [-0.15, -0.1) is 0 Å². The van der Waals surface area contributed by atoms with Gasteiger partial charge in [0.1, 0.15) is 0 Å². The number of hydrogen-bond donors (Lipinski definition) is 3. The molecule has 0 atom stereocenters. The number of nitrogens with zero attached hydrogens (tertiary/aromatic N) is 1. The molecule has 106 valence electrons. The van der Waals surface area contributed by atoms with Crippen LogP contribution in [0.4, 0.5) is 0 Å². The van der Waals surface area contributed by atoms with Crippen molar-refractivity contribution >= 4 is 31.9 Å². The van der Waals surface area contributed by atoms with Gasteiger partial charge in [-0.2, -0.15) is 5.10 Å². The largest absolute Gasteiger partial charge is 0.478 e. The third kappa shape index (κ3) is 3.24. The van der Waals surface area contributed by atoms with Gasteiger partial charge < -0.3 is 5.11 Å². The highest BCUT2D eigenvalue weighted by Crippen LogP contribution is 2.23. The standard InChI is InChI=1S/C11H10BrN3O4S/c12-9-2-1-7(11(16)17)5-10(9)20(18,19)14-6-8-3-4-13-15-8/h1-5,14H,6H2,(H,13,15)(H,16,17). The predicted octanol–water partition coefficient (Wildman–Crippen LogP) is 1.35. The number of aromatic carboxylic acids is 1. The molecule has 0 saturated carbocycles. The molecule has 20 heavy (non-hydrogen) atoms. The fourth-order valence-electron chi connectivity index (χ4n) is 1.48. The van der Waals surface area contributed by atoms with Gasteiger partial charge in [0.05, 0.1) is 22.7 Å². The average Bonchev–Trinajstić information content (AvgIpc) is 2.89. The summed E-state index contributed by atoms with van der Waals surface area (Å²) in [5, 5.41) is 15.2. The van der Waals surface area contributed by atoms with Crippen LogP contribution in [-0.4, -0.2) is 29.7 Å². The molecule has 3 N–H and O–H groups in total. The number of carboxylic acids is 1. The summed E-state index contributed by atoms with van der Waals surface area (Å²) in [4.78, 5) is 10.8. The van der Waals surface area contributed by atoms with E-state index in [1.807, 2.05) is 0 Å². The van der Waals surface area contributed by atoms with Crippen molar-refractivity contribution in [3.05, 3.63) is 46.2 Å². The van der Waals surface area contributed by atoms with Gasteiger partial charge in [0.15, 0.2) is 0 Å². The van der Waals surface area contributed by atoms with E-state index in [0.29, 0.717) is 10.2 Å². The van der Waals surface area contributed by atoms with Crippen LogP contribution in [0.1, 0.15) is 16.1 Å². The minimum atomic E-state index is -3.83. The molecule has 0 aliphatic rings. The third-order valence-corrected chi connectivity index (χ3v) is 4.87. The Balaban J connectivity index is 2.28. The highest BCUT2D eigenvalue weighted by atomic mass is 79.9. The number of nitrogens with one attached hydrogen (secondary N) is 2. The van der Waals surface area contributed by atoms with Gasteiger partial charge in [-0.05, 0) is 40.2 Å². The Morgan fingerprint density at radius 2 is 2.15 bits per heavy atom. The molecule has 0 aliphatic heterocycles. The zero-order chi connectivity index (χ0) is 14.8. The number of halogens is 1. The fraction of sp³-hybridized carbons (Fsp3) is 0.0909. The lowest BCUT2D eigenvalue weighted by molar-refractivity contribution is 0.0696. The van der Waals surface area contributed by atoms with Crippen molar-refractivity contribution in [1.82, 2.24) is 14.9 Å². The highest BCUT2D eigenvalue weighted by Gasteiger charge is 2.19. The topological polar surface area (TPSA) is 112 Å². The second kappa shape index (κ2) is 5.73. The number of aromatic amines is 1. The Labute approximate surface area is 123 Å². The Kier molecular flexibility index (Phi) is 4.21. The second-order valence-corrected chi connectivity index (χ2v) is 6.45. The first-order chi connectivity index (χ1) is 9.40. The molecule has 2 aromatic rings. The monoisotopic (exact) mass is 359 g/mol. The van der Waals surface area contributed by atoms with E-state index in [-0.39, 0.29) is 17.0 Å². The first-order valence-electron chi connectivity index (χ1n) is 5.41. The van der Waals surface area contributed by atoms with E-state index >= 15 is 0 Å². The molecule has 0 amide bonds. The van der Waals surface area contributed by atoms with Crippen molar-refractivity contribution in [2.45, 2.75) is 11.4 Å². The van der Waals surface area contributed by atoms with Crippen LogP contribution in [0.15, 0.2) is 39.8 Å². The Morgan fingerprint density at radius 1 is 1.40 bits per heavy atom. The molecule has 0 saturated heterocycles. The van der Waals surface area contributed by atoms with Crippen LogP contribution in [-0.2, 0) is 16.6 Å². The Hall–Kier alpha value is -1.71. The highest BCUT2D eigenvalue weighted by molar-refractivity contribution is 9.10. The number of hydrogen-bond acceptors (Lipinski definition) is 4. The number of H-pyrrole nitrogens is 1. The van der Waals surface area contributed by atoms with E-state index in [4.69, 9.17) is 5.11 Å². The van der Waals surface area contributed by atoms with E-state index in [2.05, 4.69) is 30.8 Å². The molecule has 1 aromatic heterocycles. The van der Waals surface area contributed by atoms with Crippen LogP contribution in [0.25, 0.3) is 0 Å². The number of rotatable bonds is 5. The second-order valence-electron chi connectivity index (χ2n) is 3.86. The van der Waals surface area contributed by atoms with E-state index in [1.165, 1.54) is 18.3 Å². The third-order valence-electron chi connectivity index (χ3n) is 2.48. The first kappa shape index (κ1) is 14.7. The van der Waals surface area contributed by atoms with E-state index in [1.54, 1.807) is 6.07 Å². The quantitative estimate of drug-likeness (QED) is 0.745. The molecule has 2 rings (SSSR count). The molecular formula is C11H10BrN3O4S. The zero-order valence-corrected chi connectivity index (χ0v) is 12.4. The normalized spacial score (nSPS) is 11.4. The summed E-state index contributed by atoms with van der Waals surface area (Å²) >= 11 is 3.10. The molecular weight excluding hydrogens is 350 g/mol. The Morgan fingerprint density at radius 3 is 2.75 bits per heavy atom. The molecule has 1 aromatic carbocycles. The summed E-state index contributed by atoms with van der Waals surface area (Å²) in [7, 11) is -3.83. The maximum atomic E-state index is 12.2. The first-order valence-corrected chi connectivity index (χ1v) is 7.68. The molecule has 7 nitrogen and oxygen atoms in total. The van der Waals surface area contributed by atoms with Gasteiger partial charge in [0, 0.05) is 10.7 Å². The smallest absolute Gasteiger partial charge is 0.335 e. The summed E-state index contributed by atoms with van der Waals surface area (Å²) in [6.07, 6.45) is 1.50. The van der Waals surface area contributed by atoms with Crippen LogP contribution in [0.2, 0.25) is 0 Å². The summed E-state index contributed by atoms with van der Waals surface area (Å²) in [5.41, 5.74) is 0.495. The Bertz CT molecular complexity index is 728. The molecule has 0 bridgehead atoms. The van der Waals surface area contributed by atoms with E-state index in [9.17, 15) is 13.2 Å². The van der Waals surface area contributed by atoms with Crippen LogP contribution < -0.4 is 4.72 Å². The summed E-state index contributed by atoms with van der Waals surface area (Å²) in [6, 6.07) is 5.43. The minimum Gasteiger partial charge on any atom is -0.478 e. The van der Waals surface area contributed by atoms with Crippen LogP contribution in [0.3, 0.4) is 0 Å². The fourth-order valence-corrected chi connectivity index (χ4v) is 3.47. The van der Waals surface area contributed by atoms with Crippen molar-refractivity contribution in [2.24, 2.45) is 0 Å². The molecule has 0 aliphatic carbocycles. The SMILES string of the molecule is O=C(O)c1ccc(Br)c(S(=O)(=O)NCc2ccn[nH]2)c1. The maximum Gasteiger partial charge on any atom is 0.335 e. The summed E-state index contributed by atoms with van der Waals surface area (Å²) in [6.45, 7) is 0.0338. The van der Waals surface area contributed by atoms with Gasteiger partial charge in [-0.1, -0.05) is 0 Å². The van der Waals surface area contributed by atoms with Crippen LogP contribution in [0, 0.1) is 0 Å². The van der Waals surface area contributed by atoms with E-state index in [0.717, 1.165) is 6.07 Å². The lowest BCUT2D eigenvalue weighted by Crippen LogP contribution is -2.24. The lowest BCUT2D eigenvalue weighted by atomic mass is 10.2. The number of benzene rings is 1. The van der Waals surface area contributed by atoms with Crippen LogP contribution in [0.5, 0.6) is 0 Å². The zero-order valence-electron chi connectivity index (χ0n) is 10.00. The van der Waals surface area contributed by atoms with Gasteiger partial charge in [0.25, 0.3) is 0 Å².